The van der Waals surface area contributed by atoms with Gasteiger partial charge in [-0.15, -0.1) is 10.2 Å². The van der Waals surface area contributed by atoms with Crippen molar-refractivity contribution in [1.29, 1.82) is 0 Å². The van der Waals surface area contributed by atoms with Crippen molar-refractivity contribution < 1.29 is 14.3 Å². The van der Waals surface area contributed by atoms with Gasteiger partial charge in [0.15, 0.2) is 11.5 Å². The van der Waals surface area contributed by atoms with Crippen LogP contribution in [0, 0.1) is 0 Å². The van der Waals surface area contributed by atoms with E-state index < -0.39 is 0 Å². The summed E-state index contributed by atoms with van der Waals surface area (Å²) in [5, 5.41) is 12.1. The van der Waals surface area contributed by atoms with E-state index in [1.807, 2.05) is 24.3 Å². The molecule has 0 spiro atoms. The summed E-state index contributed by atoms with van der Waals surface area (Å²) in [6.45, 7) is 0.169. The zero-order valence-electron chi connectivity index (χ0n) is 13.9. The van der Waals surface area contributed by atoms with Crippen LogP contribution in [-0.4, -0.2) is 32.9 Å². The van der Waals surface area contributed by atoms with Gasteiger partial charge in [-0.2, -0.15) is 0 Å². The first kappa shape index (κ1) is 15.8. The molecule has 0 fully saturated rings. The summed E-state index contributed by atoms with van der Waals surface area (Å²) in [5.74, 6) is 1.72. The average Bonchev–Trinajstić information content (AvgIpc) is 3.40. The number of fused-ring (bicyclic) bond motifs is 2. The number of nitrogens with one attached hydrogen (secondary N) is 2. The maximum absolute atomic E-state index is 12.4. The van der Waals surface area contributed by atoms with E-state index in [1.54, 1.807) is 18.2 Å². The Hall–Kier alpha value is -3.46. The molecule has 0 saturated carbocycles. The first-order valence-corrected chi connectivity index (χ1v) is 9.03. The van der Waals surface area contributed by atoms with Gasteiger partial charge >= 0.3 is 0 Å². The van der Waals surface area contributed by atoms with Crippen molar-refractivity contribution in [3.8, 4) is 11.5 Å². The fraction of sp³-hybridized carbons (Fsp3) is 0.111. The Morgan fingerprint density at radius 1 is 1.15 bits per heavy atom. The monoisotopic (exact) mass is 379 g/mol. The molecule has 1 aliphatic rings. The van der Waals surface area contributed by atoms with Crippen LogP contribution in [0.1, 0.15) is 21.2 Å². The maximum atomic E-state index is 12.4. The Kier molecular flexibility index (Phi) is 3.72. The van der Waals surface area contributed by atoms with Gasteiger partial charge in [-0.25, -0.2) is 4.98 Å². The van der Waals surface area contributed by atoms with E-state index in [-0.39, 0.29) is 12.7 Å². The van der Waals surface area contributed by atoms with Gasteiger partial charge in [0.05, 0.1) is 17.5 Å². The third-order valence-electron chi connectivity index (χ3n) is 4.08. The third kappa shape index (κ3) is 3.08. The molecular formula is C18H13N5O3S. The van der Waals surface area contributed by atoms with Crippen molar-refractivity contribution in [2.24, 2.45) is 0 Å². The van der Waals surface area contributed by atoms with Crippen molar-refractivity contribution in [1.82, 2.24) is 20.2 Å². The topological polar surface area (TPSA) is 102 Å². The lowest BCUT2D eigenvalue weighted by Gasteiger charge is -2.02. The van der Waals surface area contributed by atoms with Gasteiger partial charge in [0.25, 0.3) is 5.91 Å². The molecule has 0 bridgehead atoms. The highest BCUT2D eigenvalue weighted by molar-refractivity contribution is 7.15. The van der Waals surface area contributed by atoms with E-state index in [0.29, 0.717) is 28.6 Å². The number of amides is 1. The van der Waals surface area contributed by atoms with Gasteiger partial charge in [-0.1, -0.05) is 23.5 Å². The van der Waals surface area contributed by atoms with Crippen molar-refractivity contribution in [2.75, 3.05) is 12.1 Å². The summed E-state index contributed by atoms with van der Waals surface area (Å²) in [7, 11) is 0. The number of hydrogen-bond acceptors (Lipinski definition) is 7. The highest BCUT2D eigenvalue weighted by Gasteiger charge is 2.17. The Morgan fingerprint density at radius 2 is 2.04 bits per heavy atom. The Morgan fingerprint density at radius 3 is 2.96 bits per heavy atom. The third-order valence-corrected chi connectivity index (χ3v) is 4.92. The van der Waals surface area contributed by atoms with Crippen LogP contribution < -0.4 is 14.8 Å². The highest BCUT2D eigenvalue weighted by atomic mass is 32.1. The Balaban J connectivity index is 1.29. The van der Waals surface area contributed by atoms with Crippen LogP contribution in [0.5, 0.6) is 11.5 Å². The fourth-order valence-electron chi connectivity index (χ4n) is 2.82. The maximum Gasteiger partial charge on any atom is 0.257 e. The molecule has 27 heavy (non-hydrogen) atoms. The number of benzene rings is 2. The normalized spacial score (nSPS) is 12.4. The number of carbonyl (C=O) groups is 1. The molecule has 134 valence electrons. The molecule has 3 heterocycles. The predicted octanol–water partition coefficient (Wildman–Crippen LogP) is 2.99. The molecule has 9 heteroatoms. The van der Waals surface area contributed by atoms with Crippen molar-refractivity contribution >= 4 is 33.4 Å². The molecular weight excluding hydrogens is 366 g/mol. The zero-order chi connectivity index (χ0) is 18.2. The van der Waals surface area contributed by atoms with E-state index in [9.17, 15) is 4.79 Å². The predicted molar refractivity (Wildman–Crippen MR) is 99.3 cm³/mol. The molecule has 2 N–H and O–H groups in total. The molecule has 0 saturated heterocycles. The van der Waals surface area contributed by atoms with Crippen LogP contribution in [0.4, 0.5) is 5.13 Å². The van der Waals surface area contributed by atoms with Crippen LogP contribution in [-0.2, 0) is 6.42 Å². The molecule has 0 atom stereocenters. The zero-order valence-corrected chi connectivity index (χ0v) is 14.7. The minimum Gasteiger partial charge on any atom is -0.454 e. The minimum absolute atomic E-state index is 0.169. The molecule has 1 aliphatic heterocycles. The highest BCUT2D eigenvalue weighted by Crippen LogP contribution is 2.32. The fourth-order valence-corrected chi connectivity index (χ4v) is 3.55. The molecule has 2 aromatic carbocycles. The lowest BCUT2D eigenvalue weighted by molar-refractivity contribution is 0.102. The summed E-state index contributed by atoms with van der Waals surface area (Å²) in [4.78, 5) is 20.2. The Labute approximate surface area is 157 Å². The lowest BCUT2D eigenvalue weighted by Crippen LogP contribution is -2.11. The number of carbonyl (C=O) groups excluding carboxylic acids is 1. The quantitative estimate of drug-likeness (QED) is 0.565. The van der Waals surface area contributed by atoms with Crippen LogP contribution in [0.2, 0.25) is 0 Å². The van der Waals surface area contributed by atoms with Gasteiger partial charge in [-0.05, 0) is 30.3 Å². The standard InChI is InChI=1S/C18H13N5O3S/c24-17(10-5-6-13-14(7-10)26-9-25-13)21-18-23-22-16(27-18)8-15-19-11-3-1-2-4-12(11)20-15/h1-7H,8-9H2,(H,19,20)(H,21,23,24). The first-order chi connectivity index (χ1) is 13.2. The average molecular weight is 379 g/mol. The number of para-hydroxylation sites is 2. The smallest absolute Gasteiger partial charge is 0.257 e. The molecule has 8 nitrogen and oxygen atoms in total. The van der Waals surface area contributed by atoms with Crippen molar-refractivity contribution in [3.63, 3.8) is 0 Å². The summed E-state index contributed by atoms with van der Waals surface area (Å²) < 4.78 is 10.5. The number of hydrogen-bond donors (Lipinski definition) is 2. The Bertz CT molecular complexity index is 1120. The number of nitrogens with zero attached hydrogens (tertiary/aromatic N) is 3. The molecule has 0 aliphatic carbocycles. The summed E-state index contributed by atoms with van der Waals surface area (Å²) in [6, 6.07) is 12.9. The van der Waals surface area contributed by atoms with Gasteiger partial charge in [-0.3, -0.25) is 10.1 Å². The summed E-state index contributed by atoms with van der Waals surface area (Å²) in [6.07, 6.45) is 0.520. The lowest BCUT2D eigenvalue weighted by atomic mass is 10.2. The number of anilines is 1. The SMILES string of the molecule is O=C(Nc1nnc(Cc2nc3ccccc3[nH]2)s1)c1ccc2c(c1)OCO2. The van der Waals surface area contributed by atoms with E-state index in [2.05, 4.69) is 25.5 Å². The van der Waals surface area contributed by atoms with E-state index in [1.165, 1.54) is 11.3 Å². The molecule has 0 radical (unpaired) electrons. The minimum atomic E-state index is -0.278. The number of aromatic nitrogens is 4. The second kappa shape index (κ2) is 6.36. The number of H-pyrrole nitrogens is 1. The first-order valence-electron chi connectivity index (χ1n) is 8.21. The molecule has 5 rings (SSSR count). The second-order valence-corrected chi connectivity index (χ2v) is 6.96. The van der Waals surface area contributed by atoms with Gasteiger partial charge < -0.3 is 14.5 Å². The summed E-state index contributed by atoms with van der Waals surface area (Å²) >= 11 is 1.32. The number of imidazole rings is 1. The van der Waals surface area contributed by atoms with Crippen LogP contribution >= 0.6 is 11.3 Å². The van der Waals surface area contributed by atoms with Crippen LogP contribution in [0.3, 0.4) is 0 Å². The number of aromatic amines is 1. The van der Waals surface area contributed by atoms with Crippen molar-refractivity contribution in [3.05, 3.63) is 58.9 Å². The number of ether oxygens (including phenoxy) is 2. The van der Waals surface area contributed by atoms with Crippen LogP contribution in [0.25, 0.3) is 11.0 Å². The molecule has 4 aromatic rings. The van der Waals surface area contributed by atoms with Gasteiger partial charge in [0.2, 0.25) is 11.9 Å². The number of rotatable bonds is 4. The van der Waals surface area contributed by atoms with E-state index >= 15 is 0 Å². The van der Waals surface area contributed by atoms with Gasteiger partial charge in [0.1, 0.15) is 10.8 Å². The second-order valence-electron chi connectivity index (χ2n) is 5.90. The molecule has 2 aromatic heterocycles. The van der Waals surface area contributed by atoms with E-state index in [0.717, 1.165) is 21.9 Å². The van der Waals surface area contributed by atoms with E-state index in [4.69, 9.17) is 9.47 Å². The summed E-state index contributed by atoms with van der Waals surface area (Å²) in [5.41, 5.74) is 2.36. The largest absolute Gasteiger partial charge is 0.454 e. The van der Waals surface area contributed by atoms with Crippen molar-refractivity contribution in [2.45, 2.75) is 6.42 Å². The van der Waals surface area contributed by atoms with Crippen LogP contribution in [0.15, 0.2) is 42.5 Å². The molecule has 1 amide bonds. The molecule has 0 unspecified atom stereocenters. The van der Waals surface area contributed by atoms with Gasteiger partial charge in [0, 0.05) is 5.56 Å².